The molecule has 1 aliphatic rings. The van der Waals surface area contributed by atoms with Crippen molar-refractivity contribution in [2.45, 2.75) is 12.6 Å². The van der Waals surface area contributed by atoms with Gasteiger partial charge >= 0.3 is 0 Å². The van der Waals surface area contributed by atoms with Crippen LogP contribution in [0.5, 0.6) is 5.75 Å². The average molecular weight is 330 g/mol. The van der Waals surface area contributed by atoms with Crippen molar-refractivity contribution in [2.24, 2.45) is 7.05 Å². The summed E-state index contributed by atoms with van der Waals surface area (Å²) in [6.45, 7) is 5.00. The zero-order valence-electron chi connectivity index (χ0n) is 14.4. The summed E-state index contributed by atoms with van der Waals surface area (Å²) >= 11 is 0. The number of imidazole rings is 1. The van der Waals surface area contributed by atoms with Crippen LogP contribution in [-0.2, 0) is 18.3 Å². The fourth-order valence-electron chi connectivity index (χ4n) is 3.10. The van der Waals surface area contributed by atoms with E-state index in [1.807, 2.05) is 18.5 Å². The molecule has 1 saturated heterocycles. The number of ether oxygens (including phenoxy) is 2. The van der Waals surface area contributed by atoms with E-state index >= 15 is 0 Å². The van der Waals surface area contributed by atoms with E-state index in [0.717, 1.165) is 37.8 Å². The second kappa shape index (κ2) is 8.28. The molecule has 1 unspecified atom stereocenters. The highest BCUT2D eigenvalue weighted by Crippen LogP contribution is 2.24. The first-order valence-corrected chi connectivity index (χ1v) is 8.40. The van der Waals surface area contributed by atoms with Crippen LogP contribution in [0, 0.1) is 0 Å². The summed E-state index contributed by atoms with van der Waals surface area (Å²) < 4.78 is 12.9. The molecule has 2 aromatic rings. The Morgan fingerprint density at radius 1 is 1.33 bits per heavy atom. The molecular weight excluding hydrogens is 304 g/mol. The number of benzene rings is 1. The van der Waals surface area contributed by atoms with Crippen LogP contribution in [0.3, 0.4) is 0 Å². The van der Waals surface area contributed by atoms with Crippen LogP contribution in [0.25, 0.3) is 0 Å². The molecule has 3 rings (SSSR count). The second-order valence-corrected chi connectivity index (χ2v) is 6.08. The molecule has 0 spiro atoms. The van der Waals surface area contributed by atoms with Gasteiger partial charge in [-0.25, -0.2) is 4.98 Å². The van der Waals surface area contributed by atoms with Gasteiger partial charge in [-0.2, -0.15) is 0 Å². The summed E-state index contributed by atoms with van der Waals surface area (Å²) in [4.78, 5) is 7.02. The Kier molecular flexibility index (Phi) is 5.85. The predicted octanol–water partition coefficient (Wildman–Crippen LogP) is 1.59. The summed E-state index contributed by atoms with van der Waals surface area (Å²) in [6, 6.07) is 8.60. The molecule has 1 fully saturated rings. The van der Waals surface area contributed by atoms with Gasteiger partial charge in [-0.05, 0) is 17.7 Å². The maximum Gasteiger partial charge on any atom is 0.127 e. The third-order valence-electron chi connectivity index (χ3n) is 4.35. The molecule has 0 radical (unpaired) electrons. The monoisotopic (exact) mass is 330 g/mol. The van der Waals surface area contributed by atoms with Gasteiger partial charge in [-0.15, -0.1) is 0 Å². The molecule has 6 nitrogen and oxygen atoms in total. The molecule has 1 N–H and O–H groups in total. The molecule has 0 aliphatic carbocycles. The maximum atomic E-state index is 5.72. The molecule has 1 aromatic carbocycles. The normalized spacial score (nSPS) is 18.7. The minimum atomic E-state index is 0.289. The highest BCUT2D eigenvalue weighted by Gasteiger charge is 2.26. The highest BCUT2D eigenvalue weighted by molar-refractivity contribution is 5.28. The van der Waals surface area contributed by atoms with Crippen molar-refractivity contribution in [2.75, 3.05) is 40.0 Å². The molecule has 130 valence electrons. The van der Waals surface area contributed by atoms with Crippen LogP contribution >= 0.6 is 0 Å². The van der Waals surface area contributed by atoms with E-state index in [4.69, 9.17) is 9.47 Å². The number of methoxy groups -OCH3 is 1. The number of nitrogens with zero attached hydrogens (tertiary/aromatic N) is 3. The van der Waals surface area contributed by atoms with Gasteiger partial charge in [0.25, 0.3) is 0 Å². The third-order valence-corrected chi connectivity index (χ3v) is 4.35. The molecule has 1 atom stereocenters. The van der Waals surface area contributed by atoms with E-state index in [1.165, 1.54) is 5.56 Å². The van der Waals surface area contributed by atoms with Crippen molar-refractivity contribution in [3.05, 3.63) is 48.0 Å². The quantitative estimate of drug-likeness (QED) is 0.782. The SMILES string of the molecule is COCCOc1cccc(CN2CCNCC2c2nccn2C)c1. The molecule has 0 saturated carbocycles. The summed E-state index contributed by atoms with van der Waals surface area (Å²) in [6.07, 6.45) is 3.87. The standard InChI is InChI=1S/C18H26N4O2/c1-21-8-7-20-18(21)17-13-19-6-9-22(17)14-15-4-3-5-16(12-15)24-11-10-23-2/h3-5,7-8,12,17,19H,6,9-11,13-14H2,1-2H3. The van der Waals surface area contributed by atoms with Gasteiger partial charge in [-0.1, -0.05) is 12.1 Å². The average Bonchev–Trinajstić information content (AvgIpc) is 3.02. The van der Waals surface area contributed by atoms with Crippen molar-refractivity contribution >= 4 is 0 Å². The number of piperazine rings is 1. The zero-order valence-corrected chi connectivity index (χ0v) is 14.4. The molecule has 6 heteroatoms. The lowest BCUT2D eigenvalue weighted by atomic mass is 10.1. The van der Waals surface area contributed by atoms with Crippen LogP contribution in [0.15, 0.2) is 36.7 Å². The first-order chi connectivity index (χ1) is 11.8. The van der Waals surface area contributed by atoms with E-state index in [2.05, 4.69) is 45.0 Å². The van der Waals surface area contributed by atoms with Gasteiger partial charge < -0.3 is 19.4 Å². The summed E-state index contributed by atoms with van der Waals surface area (Å²) in [5, 5.41) is 3.48. The zero-order chi connectivity index (χ0) is 16.8. The topological polar surface area (TPSA) is 51.6 Å². The molecular formula is C18H26N4O2. The lowest BCUT2D eigenvalue weighted by Gasteiger charge is -2.35. The van der Waals surface area contributed by atoms with Crippen LogP contribution in [0.4, 0.5) is 0 Å². The van der Waals surface area contributed by atoms with Gasteiger partial charge in [0.05, 0.1) is 12.6 Å². The fourth-order valence-corrected chi connectivity index (χ4v) is 3.10. The van der Waals surface area contributed by atoms with E-state index in [0.29, 0.717) is 13.2 Å². The molecule has 1 aliphatic heterocycles. The van der Waals surface area contributed by atoms with Gasteiger partial charge in [0.15, 0.2) is 0 Å². The number of nitrogens with one attached hydrogen (secondary N) is 1. The first kappa shape index (κ1) is 17.0. The van der Waals surface area contributed by atoms with E-state index in [-0.39, 0.29) is 6.04 Å². The Morgan fingerprint density at radius 2 is 2.25 bits per heavy atom. The van der Waals surface area contributed by atoms with Crippen molar-refractivity contribution < 1.29 is 9.47 Å². The summed E-state index contributed by atoms with van der Waals surface area (Å²) in [5.41, 5.74) is 1.26. The van der Waals surface area contributed by atoms with Crippen LogP contribution in [-0.4, -0.2) is 54.4 Å². The second-order valence-electron chi connectivity index (χ2n) is 6.08. The minimum absolute atomic E-state index is 0.289. The van der Waals surface area contributed by atoms with Crippen LogP contribution < -0.4 is 10.1 Å². The Bertz CT molecular complexity index is 643. The van der Waals surface area contributed by atoms with Gasteiger partial charge in [0.1, 0.15) is 18.2 Å². The lowest BCUT2D eigenvalue weighted by Crippen LogP contribution is -2.46. The smallest absolute Gasteiger partial charge is 0.127 e. The van der Waals surface area contributed by atoms with E-state index < -0.39 is 0 Å². The van der Waals surface area contributed by atoms with Crippen molar-refractivity contribution in [1.29, 1.82) is 0 Å². The summed E-state index contributed by atoms with van der Waals surface area (Å²) in [7, 11) is 3.74. The van der Waals surface area contributed by atoms with Crippen molar-refractivity contribution in [3.8, 4) is 5.75 Å². The maximum absolute atomic E-state index is 5.72. The number of hydrogen-bond donors (Lipinski definition) is 1. The van der Waals surface area contributed by atoms with E-state index in [9.17, 15) is 0 Å². The number of aromatic nitrogens is 2. The van der Waals surface area contributed by atoms with Crippen molar-refractivity contribution in [3.63, 3.8) is 0 Å². The molecule has 24 heavy (non-hydrogen) atoms. The Hall–Kier alpha value is -1.89. The first-order valence-electron chi connectivity index (χ1n) is 8.40. The number of rotatable bonds is 7. The number of hydrogen-bond acceptors (Lipinski definition) is 5. The molecule has 2 heterocycles. The largest absolute Gasteiger partial charge is 0.491 e. The van der Waals surface area contributed by atoms with E-state index in [1.54, 1.807) is 7.11 Å². The van der Waals surface area contributed by atoms with Crippen LogP contribution in [0.2, 0.25) is 0 Å². The Labute approximate surface area is 143 Å². The Balaban J connectivity index is 1.69. The van der Waals surface area contributed by atoms with Crippen molar-refractivity contribution in [1.82, 2.24) is 19.8 Å². The van der Waals surface area contributed by atoms with Crippen LogP contribution in [0.1, 0.15) is 17.4 Å². The van der Waals surface area contributed by atoms with Gasteiger partial charge in [0, 0.05) is 52.7 Å². The number of aryl methyl sites for hydroxylation is 1. The molecule has 0 amide bonds. The Morgan fingerprint density at radius 3 is 3.04 bits per heavy atom. The minimum Gasteiger partial charge on any atom is -0.491 e. The fraction of sp³-hybridized carbons (Fsp3) is 0.500. The third kappa shape index (κ3) is 4.14. The molecule has 1 aromatic heterocycles. The highest BCUT2D eigenvalue weighted by atomic mass is 16.5. The molecule has 0 bridgehead atoms. The predicted molar refractivity (Wildman–Crippen MR) is 93.0 cm³/mol. The van der Waals surface area contributed by atoms with Gasteiger partial charge in [0.2, 0.25) is 0 Å². The lowest BCUT2D eigenvalue weighted by molar-refractivity contribution is 0.142. The van der Waals surface area contributed by atoms with Gasteiger partial charge in [-0.3, -0.25) is 4.90 Å². The summed E-state index contributed by atoms with van der Waals surface area (Å²) in [5.74, 6) is 2.00.